The molecule has 102 valence electrons. The maximum absolute atomic E-state index is 11.5. The number of amides is 2. The molecular weight excluding hydrogens is 238 g/mol. The summed E-state index contributed by atoms with van der Waals surface area (Å²) in [5.41, 5.74) is 2.38. The van der Waals surface area contributed by atoms with Gasteiger partial charge < -0.3 is 15.6 Å². The van der Waals surface area contributed by atoms with Crippen LogP contribution in [0.1, 0.15) is 25.3 Å². The average Bonchev–Trinajstić information content (AvgIpc) is 2.83. The molecule has 0 fully saturated rings. The van der Waals surface area contributed by atoms with Gasteiger partial charge in [0, 0.05) is 30.2 Å². The first-order chi connectivity index (χ1) is 9.31. The molecule has 3 N–H and O–H groups in total. The van der Waals surface area contributed by atoms with Crippen LogP contribution in [-0.4, -0.2) is 24.1 Å². The lowest BCUT2D eigenvalue weighted by molar-refractivity contribution is 0.241. The van der Waals surface area contributed by atoms with E-state index >= 15 is 0 Å². The van der Waals surface area contributed by atoms with Crippen LogP contribution < -0.4 is 10.6 Å². The van der Waals surface area contributed by atoms with Crippen molar-refractivity contribution >= 4 is 16.9 Å². The highest BCUT2D eigenvalue weighted by Gasteiger charge is 2.03. The van der Waals surface area contributed by atoms with Crippen molar-refractivity contribution in [1.29, 1.82) is 0 Å². The monoisotopic (exact) mass is 259 g/mol. The zero-order chi connectivity index (χ0) is 13.5. The molecular formula is C15H21N3O. The Morgan fingerprint density at radius 3 is 2.84 bits per heavy atom. The van der Waals surface area contributed by atoms with Crippen LogP contribution >= 0.6 is 0 Å². The number of fused-ring (bicyclic) bond motifs is 1. The van der Waals surface area contributed by atoms with Gasteiger partial charge in [0.1, 0.15) is 0 Å². The third-order valence-corrected chi connectivity index (χ3v) is 3.17. The first-order valence-corrected chi connectivity index (χ1v) is 6.88. The van der Waals surface area contributed by atoms with Crippen LogP contribution in [0.4, 0.5) is 4.79 Å². The first-order valence-electron chi connectivity index (χ1n) is 6.88. The number of unbranched alkanes of at least 4 members (excludes halogenated alkanes) is 1. The topological polar surface area (TPSA) is 56.9 Å². The van der Waals surface area contributed by atoms with Crippen LogP contribution in [0.3, 0.4) is 0 Å². The molecule has 1 aromatic carbocycles. The van der Waals surface area contributed by atoms with Crippen molar-refractivity contribution in [3.8, 4) is 0 Å². The van der Waals surface area contributed by atoms with Crippen LogP contribution in [0.2, 0.25) is 0 Å². The van der Waals surface area contributed by atoms with E-state index in [4.69, 9.17) is 0 Å². The van der Waals surface area contributed by atoms with Gasteiger partial charge in [-0.25, -0.2) is 4.79 Å². The summed E-state index contributed by atoms with van der Waals surface area (Å²) in [6.07, 6.45) is 4.97. The number of aromatic amines is 1. The molecule has 0 aliphatic carbocycles. The smallest absolute Gasteiger partial charge is 0.314 e. The number of carbonyl (C=O) groups is 1. The van der Waals surface area contributed by atoms with Crippen molar-refractivity contribution in [2.45, 2.75) is 26.2 Å². The van der Waals surface area contributed by atoms with Gasteiger partial charge >= 0.3 is 6.03 Å². The maximum Gasteiger partial charge on any atom is 0.314 e. The van der Waals surface area contributed by atoms with Crippen molar-refractivity contribution in [2.75, 3.05) is 13.1 Å². The van der Waals surface area contributed by atoms with Crippen molar-refractivity contribution in [3.05, 3.63) is 36.0 Å². The highest BCUT2D eigenvalue weighted by Crippen LogP contribution is 2.17. The Morgan fingerprint density at radius 1 is 1.21 bits per heavy atom. The molecule has 4 nitrogen and oxygen atoms in total. The van der Waals surface area contributed by atoms with Crippen molar-refractivity contribution in [3.63, 3.8) is 0 Å². The minimum Gasteiger partial charge on any atom is -0.361 e. The first kappa shape index (κ1) is 13.5. The van der Waals surface area contributed by atoms with Crippen LogP contribution in [0.25, 0.3) is 10.9 Å². The van der Waals surface area contributed by atoms with Crippen LogP contribution in [0.5, 0.6) is 0 Å². The highest BCUT2D eigenvalue weighted by molar-refractivity contribution is 5.83. The zero-order valence-electron chi connectivity index (χ0n) is 11.3. The molecule has 2 aromatic rings. The summed E-state index contributed by atoms with van der Waals surface area (Å²) >= 11 is 0. The summed E-state index contributed by atoms with van der Waals surface area (Å²) in [6.45, 7) is 3.51. The van der Waals surface area contributed by atoms with Gasteiger partial charge in [0.2, 0.25) is 0 Å². The minimum atomic E-state index is -0.0757. The molecule has 1 aromatic heterocycles. The Bertz CT molecular complexity index is 533. The Hall–Kier alpha value is -1.97. The largest absolute Gasteiger partial charge is 0.361 e. The predicted octanol–water partition coefficient (Wildman–Crippen LogP) is 2.81. The number of hydrogen-bond acceptors (Lipinski definition) is 1. The highest BCUT2D eigenvalue weighted by atomic mass is 16.2. The van der Waals surface area contributed by atoms with Crippen LogP contribution in [0, 0.1) is 0 Å². The molecule has 0 spiro atoms. The van der Waals surface area contributed by atoms with E-state index < -0.39 is 0 Å². The van der Waals surface area contributed by atoms with Gasteiger partial charge in [0.15, 0.2) is 0 Å². The van der Waals surface area contributed by atoms with Gasteiger partial charge in [0.05, 0.1) is 0 Å². The normalized spacial score (nSPS) is 10.6. The summed E-state index contributed by atoms with van der Waals surface area (Å²) in [6, 6.07) is 8.13. The predicted molar refractivity (Wildman–Crippen MR) is 78.3 cm³/mol. The van der Waals surface area contributed by atoms with E-state index in [1.165, 1.54) is 10.9 Å². The van der Waals surface area contributed by atoms with E-state index in [-0.39, 0.29) is 6.03 Å². The summed E-state index contributed by atoms with van der Waals surface area (Å²) in [5.74, 6) is 0. The van der Waals surface area contributed by atoms with Crippen LogP contribution in [-0.2, 0) is 6.42 Å². The molecule has 0 unspecified atom stereocenters. The molecule has 2 rings (SSSR count). The second kappa shape index (κ2) is 6.83. The fourth-order valence-electron chi connectivity index (χ4n) is 2.09. The van der Waals surface area contributed by atoms with Gasteiger partial charge in [0.25, 0.3) is 0 Å². The van der Waals surface area contributed by atoms with Gasteiger partial charge in [-0.3, -0.25) is 0 Å². The molecule has 0 saturated carbocycles. The second-order valence-electron chi connectivity index (χ2n) is 4.65. The molecule has 2 amide bonds. The number of rotatable bonds is 6. The number of hydrogen-bond donors (Lipinski definition) is 3. The minimum absolute atomic E-state index is 0.0757. The summed E-state index contributed by atoms with van der Waals surface area (Å²) in [5, 5.41) is 6.96. The molecule has 19 heavy (non-hydrogen) atoms. The van der Waals surface area contributed by atoms with E-state index in [1.807, 2.05) is 18.3 Å². The Labute approximate surface area is 113 Å². The summed E-state index contributed by atoms with van der Waals surface area (Å²) < 4.78 is 0. The lowest BCUT2D eigenvalue weighted by Crippen LogP contribution is -2.37. The number of urea groups is 1. The number of nitrogens with one attached hydrogen (secondary N) is 3. The van der Waals surface area contributed by atoms with E-state index in [1.54, 1.807) is 0 Å². The number of H-pyrrole nitrogens is 1. The molecule has 0 radical (unpaired) electrons. The second-order valence-corrected chi connectivity index (χ2v) is 4.65. The maximum atomic E-state index is 11.5. The fourth-order valence-corrected chi connectivity index (χ4v) is 2.09. The summed E-state index contributed by atoms with van der Waals surface area (Å²) in [7, 11) is 0. The molecule has 0 aliphatic rings. The van der Waals surface area contributed by atoms with Gasteiger partial charge in [-0.05, 0) is 24.5 Å². The molecule has 0 bridgehead atoms. The third kappa shape index (κ3) is 3.74. The SMILES string of the molecule is CCCCNC(=O)NCCc1c[nH]c2ccccc12. The quantitative estimate of drug-likeness (QED) is 0.686. The number of aromatic nitrogens is 1. The molecule has 4 heteroatoms. The Kier molecular flexibility index (Phi) is 4.84. The van der Waals surface area contributed by atoms with Gasteiger partial charge in [-0.15, -0.1) is 0 Å². The van der Waals surface area contributed by atoms with E-state index in [0.29, 0.717) is 6.54 Å². The molecule has 1 heterocycles. The standard InChI is InChI=1S/C15H21N3O/c1-2-3-9-16-15(19)17-10-8-12-11-18-14-7-5-4-6-13(12)14/h4-7,11,18H,2-3,8-10H2,1H3,(H2,16,17,19). The number of benzene rings is 1. The third-order valence-electron chi connectivity index (χ3n) is 3.17. The van der Waals surface area contributed by atoms with Gasteiger partial charge in [-0.2, -0.15) is 0 Å². The Morgan fingerprint density at radius 2 is 2.00 bits per heavy atom. The lowest BCUT2D eigenvalue weighted by Gasteiger charge is -2.06. The molecule has 0 saturated heterocycles. The zero-order valence-corrected chi connectivity index (χ0v) is 11.3. The number of para-hydroxylation sites is 1. The average molecular weight is 259 g/mol. The van der Waals surface area contributed by atoms with Crippen molar-refractivity contribution in [1.82, 2.24) is 15.6 Å². The Balaban J connectivity index is 1.78. The van der Waals surface area contributed by atoms with E-state index in [9.17, 15) is 4.79 Å². The van der Waals surface area contributed by atoms with Crippen molar-refractivity contribution in [2.24, 2.45) is 0 Å². The number of carbonyl (C=O) groups excluding carboxylic acids is 1. The summed E-state index contributed by atoms with van der Waals surface area (Å²) in [4.78, 5) is 14.7. The van der Waals surface area contributed by atoms with E-state index in [0.717, 1.165) is 31.3 Å². The molecule has 0 atom stereocenters. The fraction of sp³-hybridized carbons (Fsp3) is 0.400. The lowest BCUT2D eigenvalue weighted by atomic mass is 10.1. The van der Waals surface area contributed by atoms with Crippen LogP contribution in [0.15, 0.2) is 30.5 Å². The van der Waals surface area contributed by atoms with Crippen molar-refractivity contribution < 1.29 is 4.79 Å². The van der Waals surface area contributed by atoms with E-state index in [2.05, 4.69) is 34.7 Å². The molecule has 0 aliphatic heterocycles. The van der Waals surface area contributed by atoms with Gasteiger partial charge in [-0.1, -0.05) is 31.5 Å².